The molecule has 0 aliphatic heterocycles. The normalized spacial score (nSPS) is 13.1. The third kappa shape index (κ3) is 10.3. The first-order valence-electron chi connectivity index (χ1n) is 13.1. The molecule has 0 aliphatic carbocycles. The van der Waals surface area contributed by atoms with Gasteiger partial charge >= 0.3 is 14.8 Å². The van der Waals surface area contributed by atoms with Gasteiger partial charge in [-0.05, 0) is 57.4 Å². The van der Waals surface area contributed by atoms with E-state index >= 15 is 0 Å². The van der Waals surface area contributed by atoms with Crippen LogP contribution in [0, 0.1) is 0 Å². The maximum Gasteiger partial charge on any atom is 0.509 e. The van der Waals surface area contributed by atoms with E-state index in [0.29, 0.717) is 32.8 Å². The zero-order valence-corrected chi connectivity index (χ0v) is 22.9. The van der Waals surface area contributed by atoms with E-state index in [1.165, 1.54) is 19.3 Å². The van der Waals surface area contributed by atoms with Crippen LogP contribution in [-0.4, -0.2) is 46.3 Å². The van der Waals surface area contributed by atoms with Gasteiger partial charge in [0.2, 0.25) is 0 Å². The molecule has 1 aromatic rings. The second-order valence-electron chi connectivity index (χ2n) is 8.33. The molecule has 7 heteroatoms. The summed E-state index contributed by atoms with van der Waals surface area (Å²) in [4.78, 5) is 12.5. The van der Waals surface area contributed by atoms with Crippen molar-refractivity contribution in [1.29, 1.82) is 0 Å². The van der Waals surface area contributed by atoms with E-state index < -0.39 is 20.3 Å². The highest BCUT2D eigenvalue weighted by Crippen LogP contribution is 2.38. The van der Waals surface area contributed by atoms with Crippen molar-refractivity contribution in [3.63, 3.8) is 0 Å². The standard InChI is InChI=1S/C27H46O6Si/c1-6-11-13-15-21-30-24-19-17-23(18-20-24)22-25(27(28)29)26(16-14-12-7-2)34(31-8-3,32-9-4)33-10-5/h17-20,22,26H,6-16,21H2,1-5H3,(H,28,29)/b25-22-. The Morgan fingerprint density at radius 3 is 1.91 bits per heavy atom. The number of ether oxygens (including phenoxy) is 1. The molecular weight excluding hydrogens is 448 g/mol. The van der Waals surface area contributed by atoms with Crippen LogP contribution >= 0.6 is 0 Å². The molecule has 0 radical (unpaired) electrons. The maximum absolute atomic E-state index is 12.5. The molecule has 1 N–H and O–H groups in total. The minimum atomic E-state index is -3.27. The third-order valence-electron chi connectivity index (χ3n) is 5.65. The number of rotatable bonds is 20. The van der Waals surface area contributed by atoms with Crippen molar-refractivity contribution < 1.29 is 27.9 Å². The van der Waals surface area contributed by atoms with E-state index in [-0.39, 0.29) is 5.57 Å². The van der Waals surface area contributed by atoms with Crippen molar-refractivity contribution in [3.8, 4) is 5.75 Å². The minimum Gasteiger partial charge on any atom is -0.494 e. The number of unbranched alkanes of at least 4 members (excludes halogenated alkanes) is 5. The molecule has 0 heterocycles. The highest BCUT2D eigenvalue weighted by atomic mass is 28.4. The van der Waals surface area contributed by atoms with Gasteiger partial charge in [-0.3, -0.25) is 0 Å². The lowest BCUT2D eigenvalue weighted by atomic mass is 10.0. The number of carboxylic acid groups (broad SMARTS) is 1. The van der Waals surface area contributed by atoms with Crippen molar-refractivity contribution in [2.24, 2.45) is 0 Å². The summed E-state index contributed by atoms with van der Waals surface area (Å²) in [6, 6.07) is 7.60. The molecule has 1 aromatic carbocycles. The number of benzene rings is 1. The highest BCUT2D eigenvalue weighted by Gasteiger charge is 2.52. The van der Waals surface area contributed by atoms with Crippen molar-refractivity contribution in [3.05, 3.63) is 35.4 Å². The second-order valence-corrected chi connectivity index (χ2v) is 11.1. The summed E-state index contributed by atoms with van der Waals surface area (Å²) in [5, 5.41) is 10.2. The summed E-state index contributed by atoms with van der Waals surface area (Å²) in [6.45, 7) is 11.9. The topological polar surface area (TPSA) is 74.2 Å². The fourth-order valence-corrected chi connectivity index (χ4v) is 7.23. The molecule has 1 atom stereocenters. The van der Waals surface area contributed by atoms with Gasteiger partial charge in [0.05, 0.1) is 12.1 Å². The number of carbonyl (C=O) groups is 1. The Morgan fingerprint density at radius 1 is 0.853 bits per heavy atom. The minimum absolute atomic E-state index is 0.284. The molecule has 0 spiro atoms. The van der Waals surface area contributed by atoms with Crippen molar-refractivity contribution in [2.75, 3.05) is 26.4 Å². The molecule has 34 heavy (non-hydrogen) atoms. The molecular formula is C27H46O6Si. The largest absolute Gasteiger partial charge is 0.509 e. The maximum atomic E-state index is 12.5. The molecule has 0 saturated carbocycles. The fourth-order valence-electron chi connectivity index (χ4n) is 4.02. The summed E-state index contributed by atoms with van der Waals surface area (Å²) in [5.41, 5.74) is 0.654. The molecule has 0 saturated heterocycles. The van der Waals surface area contributed by atoms with Gasteiger partial charge < -0.3 is 23.1 Å². The number of hydrogen-bond acceptors (Lipinski definition) is 5. The van der Waals surface area contributed by atoms with Crippen LogP contribution in [0.25, 0.3) is 6.08 Å². The molecule has 0 bridgehead atoms. The zero-order chi connectivity index (χ0) is 25.2. The summed E-state index contributed by atoms with van der Waals surface area (Å²) in [5.74, 6) is -0.166. The van der Waals surface area contributed by atoms with Gasteiger partial charge in [0.25, 0.3) is 0 Å². The molecule has 0 fully saturated rings. The van der Waals surface area contributed by atoms with E-state index in [1.807, 2.05) is 45.0 Å². The van der Waals surface area contributed by atoms with E-state index in [2.05, 4.69) is 13.8 Å². The van der Waals surface area contributed by atoms with Crippen molar-refractivity contribution in [2.45, 2.75) is 91.5 Å². The summed E-state index contributed by atoms with van der Waals surface area (Å²) >= 11 is 0. The first kappa shape index (κ1) is 30.4. The van der Waals surface area contributed by atoms with Gasteiger partial charge in [0.15, 0.2) is 0 Å². The van der Waals surface area contributed by atoms with Crippen LogP contribution in [0.1, 0.15) is 91.5 Å². The van der Waals surface area contributed by atoms with Gasteiger partial charge in [0, 0.05) is 25.4 Å². The summed E-state index contributed by atoms with van der Waals surface area (Å²) in [6.07, 6.45) is 9.97. The Morgan fingerprint density at radius 2 is 1.41 bits per heavy atom. The molecule has 0 aliphatic rings. The number of carboxylic acids is 1. The van der Waals surface area contributed by atoms with Gasteiger partial charge in [-0.2, -0.15) is 0 Å². The summed E-state index contributed by atoms with van der Waals surface area (Å²) < 4.78 is 24.2. The molecule has 6 nitrogen and oxygen atoms in total. The molecule has 0 amide bonds. The van der Waals surface area contributed by atoms with Crippen LogP contribution < -0.4 is 4.74 Å². The van der Waals surface area contributed by atoms with Gasteiger partial charge in [0.1, 0.15) is 5.75 Å². The summed E-state index contributed by atoms with van der Waals surface area (Å²) in [7, 11) is -3.27. The molecule has 1 rings (SSSR count). The van der Waals surface area contributed by atoms with Gasteiger partial charge in [-0.1, -0.05) is 64.5 Å². The van der Waals surface area contributed by atoms with Crippen molar-refractivity contribution in [1.82, 2.24) is 0 Å². The zero-order valence-electron chi connectivity index (χ0n) is 21.9. The van der Waals surface area contributed by atoms with E-state index in [0.717, 1.165) is 37.0 Å². The first-order valence-corrected chi connectivity index (χ1v) is 14.9. The highest BCUT2D eigenvalue weighted by molar-refractivity contribution is 6.64. The first-order chi connectivity index (χ1) is 16.5. The van der Waals surface area contributed by atoms with Crippen LogP contribution in [0.3, 0.4) is 0 Å². The average Bonchev–Trinajstić information content (AvgIpc) is 2.82. The van der Waals surface area contributed by atoms with E-state index in [9.17, 15) is 9.90 Å². The van der Waals surface area contributed by atoms with Crippen LogP contribution in [0.5, 0.6) is 5.75 Å². The van der Waals surface area contributed by atoms with Crippen LogP contribution in [0.2, 0.25) is 5.54 Å². The Balaban J connectivity index is 3.22. The van der Waals surface area contributed by atoms with Crippen LogP contribution in [-0.2, 0) is 18.1 Å². The predicted molar refractivity (Wildman–Crippen MR) is 140 cm³/mol. The Bertz CT molecular complexity index is 687. The average molecular weight is 495 g/mol. The fraction of sp³-hybridized carbons (Fsp3) is 0.667. The van der Waals surface area contributed by atoms with Gasteiger partial charge in [-0.15, -0.1) is 0 Å². The number of aliphatic carboxylic acids is 1. The molecule has 194 valence electrons. The Labute approximate surface area is 208 Å². The smallest absolute Gasteiger partial charge is 0.494 e. The van der Waals surface area contributed by atoms with Crippen molar-refractivity contribution >= 4 is 20.8 Å². The second kappa shape index (κ2) is 17.7. The van der Waals surface area contributed by atoms with Gasteiger partial charge in [-0.25, -0.2) is 4.79 Å². The SMILES string of the molecule is CCCCCCOc1ccc(/C=C(\C(=O)O)C(CCCCC)[Si](OCC)(OCC)OCC)cc1. The molecule has 0 aromatic heterocycles. The van der Waals surface area contributed by atoms with Crippen LogP contribution in [0.4, 0.5) is 0 Å². The Kier molecular flexibility index (Phi) is 15.8. The third-order valence-corrected chi connectivity index (χ3v) is 9.18. The molecule has 1 unspecified atom stereocenters. The van der Waals surface area contributed by atoms with Crippen LogP contribution in [0.15, 0.2) is 29.8 Å². The lowest BCUT2D eigenvalue weighted by Crippen LogP contribution is -2.51. The number of hydrogen-bond donors (Lipinski definition) is 1. The predicted octanol–water partition coefficient (Wildman–Crippen LogP) is 7.11. The monoisotopic (exact) mass is 494 g/mol. The lowest BCUT2D eigenvalue weighted by Gasteiger charge is -2.35. The van der Waals surface area contributed by atoms with E-state index in [4.69, 9.17) is 18.0 Å². The Hall–Kier alpha value is -1.67. The lowest BCUT2D eigenvalue weighted by molar-refractivity contribution is -0.133. The van der Waals surface area contributed by atoms with E-state index in [1.54, 1.807) is 6.08 Å². The quantitative estimate of drug-likeness (QED) is 0.118.